The van der Waals surface area contributed by atoms with Gasteiger partial charge in [-0.15, -0.1) is 11.3 Å². The van der Waals surface area contributed by atoms with Gasteiger partial charge in [0.05, 0.1) is 0 Å². The SMILES string of the molecule is C=C(C)CN(CC)C(=O)CN1C(=O)NC2(CCCc3sccc32)C1=O. The number of nitrogens with one attached hydrogen (secondary N) is 1. The second-order valence-corrected chi connectivity index (χ2v) is 7.70. The molecule has 7 heteroatoms. The van der Waals surface area contributed by atoms with Gasteiger partial charge in [-0.2, -0.15) is 0 Å². The van der Waals surface area contributed by atoms with Crippen LogP contribution < -0.4 is 5.32 Å². The first kappa shape index (κ1) is 17.7. The van der Waals surface area contributed by atoms with Crippen molar-refractivity contribution in [3.8, 4) is 0 Å². The molecule has 25 heavy (non-hydrogen) atoms. The highest BCUT2D eigenvalue weighted by atomic mass is 32.1. The van der Waals surface area contributed by atoms with Crippen LogP contribution in [0.5, 0.6) is 0 Å². The van der Waals surface area contributed by atoms with Crippen LogP contribution in [-0.4, -0.2) is 47.3 Å². The predicted octanol–water partition coefficient (Wildman–Crippen LogP) is 2.26. The molecule has 0 saturated carbocycles. The molecule has 1 saturated heterocycles. The van der Waals surface area contributed by atoms with Crippen molar-refractivity contribution < 1.29 is 14.4 Å². The van der Waals surface area contributed by atoms with E-state index in [4.69, 9.17) is 0 Å². The van der Waals surface area contributed by atoms with E-state index in [1.165, 1.54) is 0 Å². The average Bonchev–Trinajstić information content (AvgIpc) is 3.13. The van der Waals surface area contributed by atoms with Crippen molar-refractivity contribution in [2.75, 3.05) is 19.6 Å². The molecule has 1 unspecified atom stereocenters. The van der Waals surface area contributed by atoms with Crippen molar-refractivity contribution in [2.45, 2.75) is 38.6 Å². The highest BCUT2D eigenvalue weighted by Crippen LogP contribution is 2.42. The fourth-order valence-electron chi connectivity index (χ4n) is 3.62. The van der Waals surface area contributed by atoms with E-state index >= 15 is 0 Å². The number of fused-ring (bicyclic) bond motifs is 2. The van der Waals surface area contributed by atoms with E-state index in [0.717, 1.165) is 33.8 Å². The topological polar surface area (TPSA) is 69.7 Å². The summed E-state index contributed by atoms with van der Waals surface area (Å²) in [6.45, 7) is 8.25. The van der Waals surface area contributed by atoms with Crippen molar-refractivity contribution >= 4 is 29.2 Å². The van der Waals surface area contributed by atoms with Gasteiger partial charge in [-0.05, 0) is 44.6 Å². The van der Waals surface area contributed by atoms with Crippen molar-refractivity contribution in [1.82, 2.24) is 15.1 Å². The Morgan fingerprint density at radius 3 is 2.92 bits per heavy atom. The molecule has 2 aliphatic rings. The Bertz CT molecular complexity index is 742. The standard InChI is InChI=1S/C18H23N3O3S/c1-4-20(10-12(2)3)15(22)11-21-16(23)18(19-17(21)24)8-5-6-14-13(18)7-9-25-14/h7,9H,2,4-6,8,10-11H2,1,3H3,(H,19,24). The van der Waals surface area contributed by atoms with Gasteiger partial charge in [0.15, 0.2) is 0 Å². The van der Waals surface area contributed by atoms with Gasteiger partial charge in [-0.25, -0.2) is 4.79 Å². The predicted molar refractivity (Wildman–Crippen MR) is 96.2 cm³/mol. The van der Waals surface area contributed by atoms with Gasteiger partial charge in [0, 0.05) is 23.5 Å². The summed E-state index contributed by atoms with van der Waals surface area (Å²) in [6, 6.07) is 1.44. The average molecular weight is 361 g/mol. The summed E-state index contributed by atoms with van der Waals surface area (Å²) < 4.78 is 0. The summed E-state index contributed by atoms with van der Waals surface area (Å²) in [4.78, 5) is 41.9. The highest BCUT2D eigenvalue weighted by molar-refractivity contribution is 7.10. The lowest BCUT2D eigenvalue weighted by atomic mass is 9.80. The normalized spacial score (nSPS) is 22.1. The van der Waals surface area contributed by atoms with Gasteiger partial charge < -0.3 is 10.2 Å². The quantitative estimate of drug-likeness (QED) is 0.646. The molecule has 1 N–H and O–H groups in total. The van der Waals surface area contributed by atoms with Crippen molar-refractivity contribution in [2.24, 2.45) is 0 Å². The van der Waals surface area contributed by atoms with E-state index in [1.807, 2.05) is 25.3 Å². The lowest BCUT2D eigenvalue weighted by molar-refractivity contribution is -0.139. The maximum atomic E-state index is 13.1. The molecule has 0 bridgehead atoms. The first-order chi connectivity index (χ1) is 11.9. The second kappa shape index (κ2) is 6.63. The van der Waals surface area contributed by atoms with Gasteiger partial charge >= 0.3 is 6.03 Å². The third-order valence-electron chi connectivity index (χ3n) is 4.83. The molecule has 1 aromatic heterocycles. The summed E-state index contributed by atoms with van der Waals surface area (Å²) in [7, 11) is 0. The third kappa shape index (κ3) is 2.97. The Hall–Kier alpha value is -2.15. The minimum Gasteiger partial charge on any atom is -0.337 e. The smallest absolute Gasteiger partial charge is 0.325 e. The fraction of sp³-hybridized carbons (Fsp3) is 0.500. The molecular formula is C18H23N3O3S. The summed E-state index contributed by atoms with van der Waals surface area (Å²) in [5, 5.41) is 4.83. The summed E-state index contributed by atoms with van der Waals surface area (Å²) >= 11 is 1.61. The van der Waals surface area contributed by atoms with Gasteiger partial charge in [0.25, 0.3) is 5.91 Å². The number of hydrogen-bond acceptors (Lipinski definition) is 4. The highest BCUT2D eigenvalue weighted by Gasteiger charge is 2.54. The maximum absolute atomic E-state index is 13.1. The molecule has 1 aromatic rings. The molecule has 0 aromatic carbocycles. The van der Waals surface area contributed by atoms with Crippen molar-refractivity contribution in [3.63, 3.8) is 0 Å². The number of carbonyl (C=O) groups excluding carboxylic acids is 3. The van der Waals surface area contributed by atoms with Crippen LogP contribution in [0.4, 0.5) is 4.79 Å². The monoisotopic (exact) mass is 361 g/mol. The molecule has 0 radical (unpaired) electrons. The van der Waals surface area contributed by atoms with E-state index < -0.39 is 11.6 Å². The molecule has 3 rings (SSSR count). The molecule has 2 heterocycles. The number of carbonyl (C=O) groups is 3. The number of amides is 4. The molecule has 1 fully saturated rings. The molecule has 4 amide bonds. The molecule has 1 atom stereocenters. The van der Waals surface area contributed by atoms with E-state index in [0.29, 0.717) is 19.5 Å². The van der Waals surface area contributed by atoms with Crippen LogP contribution in [0.1, 0.15) is 37.1 Å². The maximum Gasteiger partial charge on any atom is 0.325 e. The first-order valence-electron chi connectivity index (χ1n) is 8.52. The van der Waals surface area contributed by atoms with Gasteiger partial charge in [0.1, 0.15) is 12.1 Å². The van der Waals surface area contributed by atoms with Crippen molar-refractivity contribution in [1.29, 1.82) is 0 Å². The molecule has 1 spiro atoms. The van der Waals surface area contributed by atoms with E-state index in [-0.39, 0.29) is 18.4 Å². The van der Waals surface area contributed by atoms with E-state index in [2.05, 4.69) is 11.9 Å². The lowest BCUT2D eigenvalue weighted by Gasteiger charge is -2.31. The van der Waals surface area contributed by atoms with Crippen LogP contribution in [0.2, 0.25) is 0 Å². The zero-order valence-corrected chi connectivity index (χ0v) is 15.4. The third-order valence-corrected chi connectivity index (χ3v) is 5.81. The van der Waals surface area contributed by atoms with Gasteiger partial charge in [-0.1, -0.05) is 12.2 Å². The number of nitrogens with zero attached hydrogens (tertiary/aromatic N) is 2. The summed E-state index contributed by atoms with van der Waals surface area (Å²) in [5.41, 5.74) is 0.765. The Morgan fingerprint density at radius 2 is 2.24 bits per heavy atom. The summed E-state index contributed by atoms with van der Waals surface area (Å²) in [5.74, 6) is -0.552. The van der Waals surface area contributed by atoms with Crippen LogP contribution in [0.3, 0.4) is 0 Å². The first-order valence-corrected chi connectivity index (χ1v) is 9.40. The minimum atomic E-state index is -0.990. The fourth-order valence-corrected chi connectivity index (χ4v) is 4.62. The summed E-state index contributed by atoms with van der Waals surface area (Å²) in [6.07, 6.45) is 2.35. The molecule has 6 nitrogen and oxygen atoms in total. The second-order valence-electron chi connectivity index (χ2n) is 6.70. The molecule has 134 valence electrons. The minimum absolute atomic E-state index is 0.229. The number of hydrogen-bond donors (Lipinski definition) is 1. The van der Waals surface area contributed by atoms with Crippen LogP contribution in [0.15, 0.2) is 23.6 Å². The Balaban J connectivity index is 1.81. The Labute approximate surface area is 151 Å². The van der Waals surface area contributed by atoms with E-state index in [9.17, 15) is 14.4 Å². The molecule has 1 aliphatic heterocycles. The number of likely N-dealkylation sites (N-methyl/N-ethyl adjacent to an activating group) is 1. The number of thiophene rings is 1. The zero-order chi connectivity index (χ0) is 18.2. The van der Waals surface area contributed by atoms with Crippen LogP contribution in [0.25, 0.3) is 0 Å². The van der Waals surface area contributed by atoms with Crippen LogP contribution in [0, 0.1) is 0 Å². The largest absolute Gasteiger partial charge is 0.337 e. The molecule has 1 aliphatic carbocycles. The van der Waals surface area contributed by atoms with Gasteiger partial charge in [-0.3, -0.25) is 14.5 Å². The lowest BCUT2D eigenvalue weighted by Crippen LogP contribution is -2.47. The number of rotatable bonds is 5. The number of imide groups is 1. The number of urea groups is 1. The van der Waals surface area contributed by atoms with Crippen LogP contribution in [-0.2, 0) is 21.5 Å². The molecular weight excluding hydrogens is 338 g/mol. The Morgan fingerprint density at radius 1 is 1.48 bits per heavy atom. The van der Waals surface area contributed by atoms with Crippen molar-refractivity contribution in [3.05, 3.63) is 34.0 Å². The number of aryl methyl sites for hydroxylation is 1. The van der Waals surface area contributed by atoms with E-state index in [1.54, 1.807) is 16.2 Å². The van der Waals surface area contributed by atoms with Crippen LogP contribution >= 0.6 is 11.3 Å². The zero-order valence-electron chi connectivity index (χ0n) is 14.6. The Kier molecular flexibility index (Phi) is 4.69. The van der Waals surface area contributed by atoms with Gasteiger partial charge in [0.2, 0.25) is 5.91 Å².